The van der Waals surface area contributed by atoms with Crippen molar-refractivity contribution in [3.05, 3.63) is 34.4 Å². The van der Waals surface area contributed by atoms with E-state index in [1.54, 1.807) is 18.2 Å². The van der Waals surface area contributed by atoms with Crippen LogP contribution in [0.15, 0.2) is 24.3 Å². The van der Waals surface area contributed by atoms with Gasteiger partial charge in [-0.25, -0.2) is 0 Å². The van der Waals surface area contributed by atoms with Crippen LogP contribution in [0.2, 0.25) is 0 Å². The number of carboxylic acid groups (broad SMARTS) is 1. The van der Waals surface area contributed by atoms with Crippen LogP contribution in [-0.2, 0) is 4.79 Å². The molecule has 1 aromatic rings. The minimum Gasteiger partial charge on any atom is -0.481 e. The molecule has 1 fully saturated rings. The molecule has 2 N–H and O–H groups in total. The van der Waals surface area contributed by atoms with Gasteiger partial charge in [0.2, 0.25) is 0 Å². The quantitative estimate of drug-likeness (QED) is 0.629. The molecular weight excluding hydrogens is 248 g/mol. The normalized spacial score (nSPS) is 22.1. The Hall–Kier alpha value is -2.11. The number of benzene rings is 1. The van der Waals surface area contributed by atoms with Crippen LogP contribution in [0.3, 0.4) is 0 Å². The number of carboxylic acids is 1. The predicted molar refractivity (Wildman–Crippen MR) is 70.1 cm³/mol. The van der Waals surface area contributed by atoms with Crippen molar-refractivity contribution >= 4 is 17.3 Å². The van der Waals surface area contributed by atoms with Crippen molar-refractivity contribution in [3.8, 4) is 0 Å². The molecule has 0 amide bonds. The smallest absolute Gasteiger partial charge is 0.306 e. The molecule has 102 valence electrons. The average molecular weight is 264 g/mol. The number of aliphatic carboxylic acids is 1. The van der Waals surface area contributed by atoms with Gasteiger partial charge in [-0.15, -0.1) is 0 Å². The standard InChI is InChI=1S/C13H16N2O4/c16-13(17)10-5-3-4-9(10)8-14-11-6-1-2-7-12(11)15(18)19/h1-2,6-7,9-10,14H,3-5,8H2,(H,16,17). The molecule has 0 aliphatic heterocycles. The Bertz CT molecular complexity index is 489. The molecule has 0 radical (unpaired) electrons. The van der Waals surface area contributed by atoms with Crippen LogP contribution in [0.25, 0.3) is 0 Å². The number of anilines is 1. The third-order valence-corrected chi connectivity index (χ3v) is 3.63. The zero-order valence-electron chi connectivity index (χ0n) is 10.4. The van der Waals surface area contributed by atoms with E-state index in [0.29, 0.717) is 18.7 Å². The number of para-hydroxylation sites is 2. The second kappa shape index (κ2) is 5.69. The maximum atomic E-state index is 11.1. The number of rotatable bonds is 5. The number of carbonyl (C=O) groups is 1. The third kappa shape index (κ3) is 3.01. The van der Waals surface area contributed by atoms with E-state index in [1.807, 2.05) is 0 Å². The maximum Gasteiger partial charge on any atom is 0.306 e. The SMILES string of the molecule is O=C(O)C1CCCC1CNc1ccccc1[N+](=O)[O-]. The van der Waals surface area contributed by atoms with Crippen molar-refractivity contribution < 1.29 is 14.8 Å². The van der Waals surface area contributed by atoms with Gasteiger partial charge in [0.25, 0.3) is 5.69 Å². The zero-order valence-corrected chi connectivity index (χ0v) is 10.4. The van der Waals surface area contributed by atoms with Gasteiger partial charge in [0, 0.05) is 12.6 Å². The van der Waals surface area contributed by atoms with Crippen LogP contribution in [0, 0.1) is 22.0 Å². The Balaban J connectivity index is 2.03. The van der Waals surface area contributed by atoms with E-state index in [9.17, 15) is 14.9 Å². The highest BCUT2D eigenvalue weighted by Crippen LogP contribution is 2.33. The monoisotopic (exact) mass is 264 g/mol. The van der Waals surface area contributed by atoms with Crippen LogP contribution in [-0.4, -0.2) is 22.5 Å². The fourth-order valence-electron chi connectivity index (χ4n) is 2.63. The van der Waals surface area contributed by atoms with E-state index in [1.165, 1.54) is 6.07 Å². The summed E-state index contributed by atoms with van der Waals surface area (Å²) in [4.78, 5) is 21.5. The fraction of sp³-hybridized carbons (Fsp3) is 0.462. The van der Waals surface area contributed by atoms with Crippen molar-refractivity contribution in [1.29, 1.82) is 0 Å². The second-order valence-electron chi connectivity index (χ2n) is 4.79. The summed E-state index contributed by atoms with van der Waals surface area (Å²) >= 11 is 0. The summed E-state index contributed by atoms with van der Waals surface area (Å²) in [7, 11) is 0. The molecule has 19 heavy (non-hydrogen) atoms. The van der Waals surface area contributed by atoms with E-state index in [0.717, 1.165) is 12.8 Å². The van der Waals surface area contributed by atoms with Gasteiger partial charge in [-0.05, 0) is 24.8 Å². The molecule has 1 saturated carbocycles. The number of nitrogens with one attached hydrogen (secondary N) is 1. The molecule has 1 aromatic carbocycles. The van der Waals surface area contributed by atoms with E-state index in [2.05, 4.69) is 5.32 Å². The van der Waals surface area contributed by atoms with Gasteiger partial charge in [0.05, 0.1) is 10.8 Å². The van der Waals surface area contributed by atoms with Gasteiger partial charge in [0.15, 0.2) is 0 Å². The van der Waals surface area contributed by atoms with Gasteiger partial charge in [-0.2, -0.15) is 0 Å². The van der Waals surface area contributed by atoms with E-state index in [-0.39, 0.29) is 17.5 Å². The van der Waals surface area contributed by atoms with Gasteiger partial charge in [0.1, 0.15) is 5.69 Å². The minimum atomic E-state index is -0.771. The molecule has 1 aliphatic rings. The van der Waals surface area contributed by atoms with Crippen molar-refractivity contribution in [2.45, 2.75) is 19.3 Å². The van der Waals surface area contributed by atoms with Crippen LogP contribution in [0.1, 0.15) is 19.3 Å². The molecule has 6 nitrogen and oxygen atoms in total. The van der Waals surface area contributed by atoms with Gasteiger partial charge in [-0.3, -0.25) is 14.9 Å². The molecule has 0 aromatic heterocycles. The largest absolute Gasteiger partial charge is 0.481 e. The third-order valence-electron chi connectivity index (χ3n) is 3.63. The van der Waals surface area contributed by atoms with E-state index in [4.69, 9.17) is 5.11 Å². The molecular formula is C13H16N2O4. The lowest BCUT2D eigenvalue weighted by atomic mass is 9.96. The summed E-state index contributed by atoms with van der Waals surface area (Å²) in [5.74, 6) is -1.07. The number of nitro benzene ring substituents is 1. The number of nitrogens with zero attached hydrogens (tertiary/aromatic N) is 1. The molecule has 1 aliphatic carbocycles. The van der Waals surface area contributed by atoms with Crippen molar-refractivity contribution in [2.24, 2.45) is 11.8 Å². The van der Waals surface area contributed by atoms with Crippen LogP contribution < -0.4 is 5.32 Å². The maximum absolute atomic E-state index is 11.1. The van der Waals surface area contributed by atoms with Crippen LogP contribution >= 0.6 is 0 Å². The van der Waals surface area contributed by atoms with Crippen LogP contribution in [0.5, 0.6) is 0 Å². The van der Waals surface area contributed by atoms with E-state index < -0.39 is 10.9 Å². The second-order valence-corrected chi connectivity index (χ2v) is 4.79. The summed E-state index contributed by atoms with van der Waals surface area (Å²) in [6.45, 7) is 0.460. The summed E-state index contributed by atoms with van der Waals surface area (Å²) in [5.41, 5.74) is 0.468. The molecule has 0 bridgehead atoms. The molecule has 2 rings (SSSR count). The van der Waals surface area contributed by atoms with Gasteiger partial charge >= 0.3 is 5.97 Å². The molecule has 2 atom stereocenters. The summed E-state index contributed by atoms with van der Waals surface area (Å²) in [5, 5.41) is 23.0. The predicted octanol–water partition coefficient (Wildman–Crippen LogP) is 2.51. The Labute approximate surface area is 110 Å². The molecule has 0 saturated heterocycles. The van der Waals surface area contributed by atoms with Crippen molar-refractivity contribution in [3.63, 3.8) is 0 Å². The first-order valence-corrected chi connectivity index (χ1v) is 6.29. The number of hydrogen-bond acceptors (Lipinski definition) is 4. The number of nitro groups is 1. The molecule has 2 unspecified atom stereocenters. The van der Waals surface area contributed by atoms with Crippen molar-refractivity contribution in [1.82, 2.24) is 0 Å². The molecule has 0 spiro atoms. The Morgan fingerprint density at radius 1 is 1.42 bits per heavy atom. The van der Waals surface area contributed by atoms with Crippen LogP contribution in [0.4, 0.5) is 11.4 Å². The Kier molecular flexibility index (Phi) is 3.99. The average Bonchev–Trinajstić information content (AvgIpc) is 2.85. The lowest BCUT2D eigenvalue weighted by Gasteiger charge is -2.17. The number of hydrogen-bond donors (Lipinski definition) is 2. The first-order valence-electron chi connectivity index (χ1n) is 6.29. The summed E-state index contributed by atoms with van der Waals surface area (Å²) < 4.78 is 0. The van der Waals surface area contributed by atoms with E-state index >= 15 is 0 Å². The lowest BCUT2D eigenvalue weighted by molar-refractivity contribution is -0.384. The fourth-order valence-corrected chi connectivity index (χ4v) is 2.63. The van der Waals surface area contributed by atoms with Gasteiger partial charge < -0.3 is 10.4 Å². The molecule has 0 heterocycles. The summed E-state index contributed by atoms with van der Waals surface area (Å²) in [6, 6.07) is 6.41. The first kappa shape index (κ1) is 13.3. The minimum absolute atomic E-state index is 0.0207. The highest BCUT2D eigenvalue weighted by molar-refractivity contribution is 5.71. The highest BCUT2D eigenvalue weighted by atomic mass is 16.6. The highest BCUT2D eigenvalue weighted by Gasteiger charge is 2.32. The Morgan fingerprint density at radius 2 is 2.16 bits per heavy atom. The topological polar surface area (TPSA) is 92.5 Å². The zero-order chi connectivity index (χ0) is 13.8. The van der Waals surface area contributed by atoms with Crippen molar-refractivity contribution in [2.75, 3.05) is 11.9 Å². The molecule has 6 heteroatoms. The Morgan fingerprint density at radius 3 is 2.84 bits per heavy atom. The van der Waals surface area contributed by atoms with Gasteiger partial charge in [-0.1, -0.05) is 18.6 Å². The summed E-state index contributed by atoms with van der Waals surface area (Å²) in [6.07, 6.45) is 2.45. The lowest BCUT2D eigenvalue weighted by Crippen LogP contribution is -2.24. The first-order chi connectivity index (χ1) is 9.09.